The van der Waals surface area contributed by atoms with E-state index in [0.717, 1.165) is 24.8 Å². The Balaban J connectivity index is 1.86. The van der Waals surface area contributed by atoms with Crippen LogP contribution >= 0.6 is 0 Å². The quantitative estimate of drug-likeness (QED) is 0.615. The van der Waals surface area contributed by atoms with Crippen LogP contribution in [0.25, 0.3) is 0 Å². The Labute approximate surface area is 130 Å². The van der Waals surface area contributed by atoms with E-state index < -0.39 is 6.04 Å². The van der Waals surface area contributed by atoms with E-state index in [1.165, 1.54) is 4.90 Å². The van der Waals surface area contributed by atoms with Crippen LogP contribution < -0.4 is 5.32 Å². The first-order chi connectivity index (χ1) is 10.6. The molecule has 1 saturated heterocycles. The van der Waals surface area contributed by atoms with Crippen LogP contribution in [0.3, 0.4) is 0 Å². The predicted octanol–water partition coefficient (Wildman–Crippen LogP) is 1.66. The molecular weight excluding hydrogens is 280 g/mol. The van der Waals surface area contributed by atoms with Gasteiger partial charge < -0.3 is 5.32 Å². The van der Waals surface area contributed by atoms with E-state index in [4.69, 9.17) is 0 Å². The number of carbonyl (C=O) groups excluding carboxylic acids is 3. The van der Waals surface area contributed by atoms with Gasteiger partial charge in [-0.25, -0.2) is 0 Å². The summed E-state index contributed by atoms with van der Waals surface area (Å²) in [6.07, 6.45) is 3.13. The number of nitrogens with zero attached hydrogens (tertiary/aromatic N) is 1. The Morgan fingerprint density at radius 1 is 1.23 bits per heavy atom. The second kappa shape index (κ2) is 7.73. The Hall–Kier alpha value is -2.17. The average molecular weight is 302 g/mol. The third-order valence-corrected chi connectivity index (χ3v) is 3.77. The van der Waals surface area contributed by atoms with E-state index in [1.54, 1.807) is 0 Å². The topological polar surface area (TPSA) is 66.5 Å². The lowest BCUT2D eigenvalue weighted by Crippen LogP contribution is -2.42. The monoisotopic (exact) mass is 302 g/mol. The zero-order valence-electron chi connectivity index (χ0n) is 12.9. The number of nitrogens with one attached hydrogen (secondary N) is 1. The molecule has 1 aliphatic heterocycles. The summed E-state index contributed by atoms with van der Waals surface area (Å²) in [6, 6.07) is 8.63. The number of unbranched alkanes of at least 4 members (excludes halogenated alkanes) is 2. The van der Waals surface area contributed by atoms with Gasteiger partial charge in [-0.05, 0) is 12.0 Å². The molecule has 0 bridgehead atoms. The predicted molar refractivity (Wildman–Crippen MR) is 82.9 cm³/mol. The summed E-state index contributed by atoms with van der Waals surface area (Å²) in [5.74, 6) is -0.693. The van der Waals surface area contributed by atoms with E-state index in [1.807, 2.05) is 30.3 Å². The highest BCUT2D eigenvalue weighted by molar-refractivity contribution is 6.06. The fourth-order valence-electron chi connectivity index (χ4n) is 2.58. The number of likely N-dealkylation sites (tertiary alicyclic amines) is 1. The fraction of sp³-hybridized carbons (Fsp3) is 0.471. The van der Waals surface area contributed by atoms with Crippen LogP contribution in [0.5, 0.6) is 0 Å². The van der Waals surface area contributed by atoms with Crippen molar-refractivity contribution in [3.8, 4) is 0 Å². The van der Waals surface area contributed by atoms with Crippen molar-refractivity contribution in [2.45, 2.75) is 45.1 Å². The van der Waals surface area contributed by atoms with Gasteiger partial charge in [-0.3, -0.25) is 19.3 Å². The van der Waals surface area contributed by atoms with Crippen LogP contribution in [-0.4, -0.2) is 35.2 Å². The Bertz CT molecular complexity index is 542. The van der Waals surface area contributed by atoms with Gasteiger partial charge in [0.25, 0.3) is 5.91 Å². The SMILES string of the molecule is CCCCCN1C(=O)CC(NC(=O)Cc2ccccc2)C1=O. The number of carbonyl (C=O) groups is 3. The highest BCUT2D eigenvalue weighted by atomic mass is 16.2. The lowest BCUT2D eigenvalue weighted by atomic mass is 10.1. The summed E-state index contributed by atoms with van der Waals surface area (Å²) in [5.41, 5.74) is 0.886. The van der Waals surface area contributed by atoms with Gasteiger partial charge in [0.15, 0.2) is 0 Å². The molecule has 0 aliphatic carbocycles. The van der Waals surface area contributed by atoms with E-state index in [2.05, 4.69) is 12.2 Å². The van der Waals surface area contributed by atoms with Gasteiger partial charge in [-0.1, -0.05) is 50.1 Å². The molecule has 1 unspecified atom stereocenters. The van der Waals surface area contributed by atoms with Crippen molar-refractivity contribution in [2.24, 2.45) is 0 Å². The zero-order chi connectivity index (χ0) is 15.9. The first-order valence-electron chi connectivity index (χ1n) is 7.79. The molecule has 5 heteroatoms. The van der Waals surface area contributed by atoms with E-state index in [9.17, 15) is 14.4 Å². The first-order valence-corrected chi connectivity index (χ1v) is 7.79. The molecule has 1 aromatic carbocycles. The van der Waals surface area contributed by atoms with Crippen molar-refractivity contribution in [1.29, 1.82) is 0 Å². The van der Waals surface area contributed by atoms with Gasteiger partial charge in [0.2, 0.25) is 11.8 Å². The first kappa shape index (κ1) is 16.2. The van der Waals surface area contributed by atoms with Gasteiger partial charge >= 0.3 is 0 Å². The zero-order valence-corrected chi connectivity index (χ0v) is 12.9. The third-order valence-electron chi connectivity index (χ3n) is 3.77. The number of hydrogen-bond donors (Lipinski definition) is 1. The molecule has 22 heavy (non-hydrogen) atoms. The standard InChI is InChI=1S/C17H22N2O3/c1-2-3-7-10-19-16(21)12-14(17(19)22)18-15(20)11-13-8-5-4-6-9-13/h4-6,8-9,14H,2-3,7,10-12H2,1H3,(H,18,20). The summed E-state index contributed by atoms with van der Waals surface area (Å²) in [4.78, 5) is 37.3. The van der Waals surface area contributed by atoms with E-state index in [0.29, 0.717) is 6.54 Å². The normalized spacial score (nSPS) is 17.9. The van der Waals surface area contributed by atoms with Gasteiger partial charge in [0, 0.05) is 6.54 Å². The summed E-state index contributed by atoms with van der Waals surface area (Å²) in [6.45, 7) is 2.52. The Morgan fingerprint density at radius 3 is 2.64 bits per heavy atom. The van der Waals surface area contributed by atoms with Crippen LogP contribution in [0.4, 0.5) is 0 Å². The lowest BCUT2D eigenvalue weighted by molar-refractivity contribution is -0.139. The second-order valence-corrected chi connectivity index (χ2v) is 5.58. The van der Waals surface area contributed by atoms with Crippen LogP contribution in [-0.2, 0) is 20.8 Å². The Kier molecular flexibility index (Phi) is 5.69. The molecule has 3 amide bonds. The number of imide groups is 1. The molecule has 1 aliphatic rings. The van der Waals surface area contributed by atoms with Gasteiger partial charge in [0.1, 0.15) is 6.04 Å². The molecule has 1 fully saturated rings. The number of amides is 3. The Morgan fingerprint density at radius 2 is 1.95 bits per heavy atom. The number of rotatable bonds is 7. The molecule has 1 atom stereocenters. The maximum atomic E-state index is 12.2. The van der Waals surface area contributed by atoms with Crippen molar-refractivity contribution in [2.75, 3.05) is 6.54 Å². The molecule has 1 aromatic rings. The fourth-order valence-corrected chi connectivity index (χ4v) is 2.58. The molecule has 5 nitrogen and oxygen atoms in total. The molecular formula is C17H22N2O3. The van der Waals surface area contributed by atoms with Crippen LogP contribution in [0, 0.1) is 0 Å². The maximum absolute atomic E-state index is 12.2. The molecule has 0 radical (unpaired) electrons. The third kappa shape index (κ3) is 4.16. The van der Waals surface area contributed by atoms with Crippen molar-refractivity contribution < 1.29 is 14.4 Å². The van der Waals surface area contributed by atoms with Gasteiger partial charge in [-0.15, -0.1) is 0 Å². The summed E-state index contributed by atoms with van der Waals surface area (Å²) >= 11 is 0. The summed E-state index contributed by atoms with van der Waals surface area (Å²) in [7, 11) is 0. The van der Waals surface area contributed by atoms with E-state index >= 15 is 0 Å². The summed E-state index contributed by atoms with van der Waals surface area (Å²) < 4.78 is 0. The van der Waals surface area contributed by atoms with Crippen molar-refractivity contribution in [3.63, 3.8) is 0 Å². The van der Waals surface area contributed by atoms with Crippen LogP contribution in [0.2, 0.25) is 0 Å². The number of benzene rings is 1. The molecule has 118 valence electrons. The number of hydrogen-bond acceptors (Lipinski definition) is 3. The molecule has 1 N–H and O–H groups in total. The second-order valence-electron chi connectivity index (χ2n) is 5.58. The minimum Gasteiger partial charge on any atom is -0.343 e. The summed E-state index contributed by atoms with van der Waals surface area (Å²) in [5, 5.41) is 2.68. The average Bonchev–Trinajstić information content (AvgIpc) is 2.75. The van der Waals surface area contributed by atoms with Crippen molar-refractivity contribution >= 4 is 17.7 Å². The molecule has 0 spiro atoms. The minimum atomic E-state index is -0.703. The van der Waals surface area contributed by atoms with Crippen molar-refractivity contribution in [3.05, 3.63) is 35.9 Å². The molecule has 0 saturated carbocycles. The molecule has 0 aromatic heterocycles. The maximum Gasteiger partial charge on any atom is 0.252 e. The van der Waals surface area contributed by atoms with E-state index in [-0.39, 0.29) is 30.6 Å². The van der Waals surface area contributed by atoms with Crippen LogP contribution in [0.1, 0.15) is 38.2 Å². The molecule has 1 heterocycles. The van der Waals surface area contributed by atoms with Crippen molar-refractivity contribution in [1.82, 2.24) is 10.2 Å². The molecule has 2 rings (SSSR count). The van der Waals surface area contributed by atoms with Gasteiger partial charge in [0.05, 0.1) is 12.8 Å². The smallest absolute Gasteiger partial charge is 0.252 e. The van der Waals surface area contributed by atoms with Gasteiger partial charge in [-0.2, -0.15) is 0 Å². The minimum absolute atomic E-state index is 0.0749. The highest BCUT2D eigenvalue weighted by Gasteiger charge is 2.38. The highest BCUT2D eigenvalue weighted by Crippen LogP contribution is 2.14. The van der Waals surface area contributed by atoms with Crippen LogP contribution in [0.15, 0.2) is 30.3 Å². The largest absolute Gasteiger partial charge is 0.343 e. The lowest BCUT2D eigenvalue weighted by Gasteiger charge is -2.15.